The molecule has 0 aromatic carbocycles. The van der Waals surface area contributed by atoms with E-state index in [0.717, 1.165) is 36.5 Å². The van der Waals surface area contributed by atoms with Crippen LogP contribution in [0.5, 0.6) is 0 Å². The summed E-state index contributed by atoms with van der Waals surface area (Å²) in [6.07, 6.45) is 2.77. The standard InChI is InChI=1S/C16H19F2N5O2.ClH/c17-16(18)3-6-22(9-16)15(25)11-8-20-23-12(7-13(24)21-14(11)23)10-1-4-19-5-2-10;/h7-8,10,19H,1-6,9H2,(H,21,24);1H. The van der Waals surface area contributed by atoms with E-state index in [4.69, 9.17) is 0 Å². The molecule has 7 nitrogen and oxygen atoms in total. The van der Waals surface area contributed by atoms with Gasteiger partial charge in [0.1, 0.15) is 11.2 Å². The number of carbonyl (C=O) groups excluding carboxylic acids is 1. The van der Waals surface area contributed by atoms with E-state index in [1.165, 1.54) is 12.3 Å². The van der Waals surface area contributed by atoms with Crippen LogP contribution >= 0.6 is 12.4 Å². The first-order chi connectivity index (χ1) is 11.9. The number of hydrogen-bond donors (Lipinski definition) is 2. The van der Waals surface area contributed by atoms with Crippen LogP contribution in [0.15, 0.2) is 17.1 Å². The Bertz CT molecular complexity index is 875. The molecule has 142 valence electrons. The summed E-state index contributed by atoms with van der Waals surface area (Å²) in [7, 11) is 0. The van der Waals surface area contributed by atoms with E-state index in [2.05, 4.69) is 15.4 Å². The number of aromatic nitrogens is 3. The number of likely N-dealkylation sites (tertiary alicyclic amines) is 1. The second-order valence-electron chi connectivity index (χ2n) is 6.73. The van der Waals surface area contributed by atoms with E-state index in [9.17, 15) is 18.4 Å². The lowest BCUT2D eigenvalue weighted by atomic mass is 9.94. The normalized spacial score (nSPS) is 20.3. The minimum Gasteiger partial charge on any atom is -0.332 e. The summed E-state index contributed by atoms with van der Waals surface area (Å²) < 4.78 is 28.4. The summed E-state index contributed by atoms with van der Waals surface area (Å²) in [5, 5.41) is 7.52. The van der Waals surface area contributed by atoms with E-state index in [-0.39, 0.29) is 48.1 Å². The lowest BCUT2D eigenvalue weighted by Crippen LogP contribution is -2.31. The van der Waals surface area contributed by atoms with Crippen molar-refractivity contribution in [2.75, 3.05) is 26.2 Å². The smallest absolute Gasteiger partial charge is 0.267 e. The number of nitrogens with one attached hydrogen (secondary N) is 2. The molecule has 1 amide bonds. The van der Waals surface area contributed by atoms with Crippen molar-refractivity contribution in [1.29, 1.82) is 0 Å². The van der Waals surface area contributed by atoms with Crippen LogP contribution in [-0.2, 0) is 0 Å². The average molecular weight is 388 g/mol. The predicted molar refractivity (Wildman–Crippen MR) is 93.4 cm³/mol. The second kappa shape index (κ2) is 6.96. The molecule has 2 aliphatic heterocycles. The number of hydrogen-bond acceptors (Lipinski definition) is 4. The first-order valence-electron chi connectivity index (χ1n) is 8.43. The number of piperidine rings is 1. The van der Waals surface area contributed by atoms with Crippen LogP contribution in [0, 0.1) is 0 Å². The van der Waals surface area contributed by atoms with Crippen LogP contribution in [0.2, 0.25) is 0 Å². The summed E-state index contributed by atoms with van der Waals surface area (Å²) in [5.74, 6) is -3.21. The van der Waals surface area contributed by atoms with Crippen LogP contribution in [0.3, 0.4) is 0 Å². The predicted octanol–water partition coefficient (Wildman–Crippen LogP) is 1.39. The summed E-state index contributed by atoms with van der Waals surface area (Å²) in [6, 6.07) is 1.51. The third-order valence-corrected chi connectivity index (χ3v) is 4.98. The third-order valence-electron chi connectivity index (χ3n) is 4.98. The van der Waals surface area contributed by atoms with Gasteiger partial charge < -0.3 is 15.2 Å². The van der Waals surface area contributed by atoms with Crippen LogP contribution in [-0.4, -0.2) is 57.5 Å². The Morgan fingerprint density at radius 1 is 1.31 bits per heavy atom. The third kappa shape index (κ3) is 3.33. The fourth-order valence-electron chi connectivity index (χ4n) is 3.66. The van der Waals surface area contributed by atoms with Crippen molar-refractivity contribution in [3.63, 3.8) is 0 Å². The largest absolute Gasteiger partial charge is 0.332 e. The SMILES string of the molecule is Cl.O=C(c1cnn2c(C3CCNCC3)cc(=O)[nH]c12)N1CCC(F)(F)C1. The van der Waals surface area contributed by atoms with Crippen molar-refractivity contribution in [2.24, 2.45) is 0 Å². The number of halogens is 3. The van der Waals surface area contributed by atoms with Crippen LogP contribution in [0.4, 0.5) is 8.78 Å². The highest BCUT2D eigenvalue weighted by Crippen LogP contribution is 2.29. The zero-order valence-electron chi connectivity index (χ0n) is 14.0. The molecule has 2 N–H and O–H groups in total. The Labute approximate surface area is 154 Å². The molecule has 4 rings (SSSR count). The molecule has 10 heteroatoms. The lowest BCUT2D eigenvalue weighted by Gasteiger charge is -2.23. The molecule has 2 aromatic rings. The molecule has 4 heterocycles. The summed E-state index contributed by atoms with van der Waals surface area (Å²) in [4.78, 5) is 28.5. The molecular formula is C16H20ClF2N5O2. The zero-order chi connectivity index (χ0) is 17.6. The fraction of sp³-hybridized carbons (Fsp3) is 0.562. The maximum atomic E-state index is 13.4. The van der Waals surface area contributed by atoms with Crippen molar-refractivity contribution in [1.82, 2.24) is 24.8 Å². The Morgan fingerprint density at radius 2 is 2.04 bits per heavy atom. The number of amides is 1. The number of aromatic amines is 1. The van der Waals surface area contributed by atoms with Crippen LogP contribution < -0.4 is 10.9 Å². The molecule has 0 saturated carbocycles. The quantitative estimate of drug-likeness (QED) is 0.816. The van der Waals surface area contributed by atoms with Crippen molar-refractivity contribution in [3.05, 3.63) is 33.9 Å². The zero-order valence-corrected chi connectivity index (χ0v) is 14.8. The summed E-state index contributed by atoms with van der Waals surface area (Å²) >= 11 is 0. The van der Waals surface area contributed by atoms with Crippen molar-refractivity contribution >= 4 is 24.0 Å². The number of alkyl halides is 2. The first kappa shape index (κ1) is 18.8. The van der Waals surface area contributed by atoms with Crippen LogP contribution in [0.1, 0.15) is 41.2 Å². The van der Waals surface area contributed by atoms with E-state index in [0.29, 0.717) is 0 Å². The fourth-order valence-corrected chi connectivity index (χ4v) is 3.66. The number of rotatable bonds is 2. The van der Waals surface area contributed by atoms with Gasteiger partial charge in [0.2, 0.25) is 0 Å². The van der Waals surface area contributed by atoms with E-state index in [1.807, 2.05) is 0 Å². The highest BCUT2D eigenvalue weighted by atomic mass is 35.5. The van der Waals surface area contributed by atoms with E-state index < -0.39 is 18.4 Å². The maximum Gasteiger partial charge on any atom is 0.267 e. The van der Waals surface area contributed by atoms with Gasteiger partial charge in [-0.2, -0.15) is 5.10 Å². The second-order valence-corrected chi connectivity index (χ2v) is 6.73. The van der Waals surface area contributed by atoms with Crippen molar-refractivity contribution in [3.8, 4) is 0 Å². The van der Waals surface area contributed by atoms with Gasteiger partial charge >= 0.3 is 0 Å². The molecule has 2 aliphatic rings. The van der Waals surface area contributed by atoms with E-state index >= 15 is 0 Å². The molecule has 0 spiro atoms. The minimum atomic E-state index is -2.85. The van der Waals surface area contributed by atoms with E-state index in [1.54, 1.807) is 4.52 Å². The van der Waals surface area contributed by atoms with Gasteiger partial charge in [0, 0.05) is 24.9 Å². The molecule has 2 aromatic heterocycles. The van der Waals surface area contributed by atoms with Gasteiger partial charge in [0.05, 0.1) is 18.4 Å². The Kier molecular flexibility index (Phi) is 5.03. The maximum absolute atomic E-state index is 13.4. The van der Waals surface area contributed by atoms with Crippen molar-refractivity contribution < 1.29 is 13.6 Å². The highest BCUT2D eigenvalue weighted by molar-refractivity contribution is 5.99. The van der Waals surface area contributed by atoms with Gasteiger partial charge in [0.15, 0.2) is 0 Å². The van der Waals surface area contributed by atoms with Gasteiger partial charge in [-0.3, -0.25) is 9.59 Å². The Hall–Kier alpha value is -2.00. The van der Waals surface area contributed by atoms with Gasteiger partial charge in [0.25, 0.3) is 17.4 Å². The van der Waals surface area contributed by atoms with Gasteiger partial charge in [-0.25, -0.2) is 13.3 Å². The molecule has 0 radical (unpaired) electrons. The summed E-state index contributed by atoms with van der Waals surface area (Å²) in [6.45, 7) is 1.12. The van der Waals surface area contributed by atoms with Gasteiger partial charge in [-0.05, 0) is 25.9 Å². The molecule has 0 atom stereocenters. The number of carbonyl (C=O) groups is 1. The molecular weight excluding hydrogens is 368 g/mol. The number of fused-ring (bicyclic) bond motifs is 1. The lowest BCUT2D eigenvalue weighted by molar-refractivity contribution is 0.0120. The molecule has 2 fully saturated rings. The molecule has 0 aliphatic carbocycles. The number of nitrogens with zero attached hydrogens (tertiary/aromatic N) is 3. The minimum absolute atomic E-state index is 0. The molecule has 26 heavy (non-hydrogen) atoms. The molecule has 2 saturated heterocycles. The topological polar surface area (TPSA) is 82.5 Å². The highest BCUT2D eigenvalue weighted by Gasteiger charge is 2.41. The first-order valence-corrected chi connectivity index (χ1v) is 8.43. The van der Waals surface area contributed by atoms with Crippen molar-refractivity contribution in [2.45, 2.75) is 31.1 Å². The van der Waals surface area contributed by atoms with Crippen LogP contribution in [0.25, 0.3) is 5.65 Å². The monoisotopic (exact) mass is 387 g/mol. The average Bonchev–Trinajstić information content (AvgIpc) is 3.17. The Balaban J connectivity index is 0.00000196. The molecule has 0 unspecified atom stereocenters. The van der Waals surface area contributed by atoms with Gasteiger partial charge in [-0.1, -0.05) is 0 Å². The number of H-pyrrole nitrogens is 1. The molecule has 0 bridgehead atoms. The van der Waals surface area contributed by atoms with Gasteiger partial charge in [-0.15, -0.1) is 12.4 Å². The summed E-state index contributed by atoms with van der Waals surface area (Å²) in [5.41, 5.74) is 0.875. The Morgan fingerprint density at radius 3 is 2.69 bits per heavy atom.